The summed E-state index contributed by atoms with van der Waals surface area (Å²) in [4.78, 5) is 3.21. The van der Waals surface area contributed by atoms with Crippen molar-refractivity contribution >= 4 is 6.01 Å². The molecule has 0 saturated heterocycles. The molecule has 2 aromatic rings. The number of aryl methyl sites for hydroxylation is 1. The first-order valence-corrected chi connectivity index (χ1v) is 6.17. The minimum absolute atomic E-state index is 0.0297. The minimum atomic E-state index is -5.84. The quantitative estimate of drug-likeness (QED) is 0.588. The number of aliphatic hydroxyl groups is 1. The second kappa shape index (κ2) is 5.69. The van der Waals surface area contributed by atoms with Gasteiger partial charge < -0.3 is 19.9 Å². The van der Waals surface area contributed by atoms with Crippen molar-refractivity contribution in [3.05, 3.63) is 41.3 Å². The molecule has 10 heteroatoms. The summed E-state index contributed by atoms with van der Waals surface area (Å²) in [5, 5.41) is 21.6. The van der Waals surface area contributed by atoms with Crippen LogP contribution in [-0.4, -0.2) is 21.4 Å². The molecular weight excluding hydrogens is 327 g/mol. The molecule has 0 aliphatic heterocycles. The number of phenolic OH excluding ortho intramolecular Hbond substituents is 1. The van der Waals surface area contributed by atoms with Gasteiger partial charge in [0.15, 0.2) is 6.23 Å². The van der Waals surface area contributed by atoms with Crippen molar-refractivity contribution in [1.29, 1.82) is 0 Å². The molecule has 1 unspecified atom stereocenters. The number of nitrogens with one attached hydrogen (secondary N) is 1. The van der Waals surface area contributed by atoms with E-state index in [-0.39, 0.29) is 17.5 Å². The predicted molar refractivity (Wildman–Crippen MR) is 67.9 cm³/mol. The Morgan fingerprint density at radius 1 is 1.22 bits per heavy atom. The van der Waals surface area contributed by atoms with E-state index in [0.29, 0.717) is 5.56 Å². The van der Waals surface area contributed by atoms with Gasteiger partial charge in [0, 0.05) is 5.56 Å². The predicted octanol–water partition coefficient (Wildman–Crippen LogP) is 3.45. The smallest absolute Gasteiger partial charge is 0.461 e. The van der Waals surface area contributed by atoms with E-state index in [2.05, 4.69) is 14.7 Å². The first-order valence-electron chi connectivity index (χ1n) is 6.17. The fourth-order valence-corrected chi connectivity index (χ4v) is 1.71. The number of aromatic hydroxyl groups is 1. The maximum Gasteiger partial charge on any atom is 0.461 e. The van der Waals surface area contributed by atoms with Gasteiger partial charge in [-0.1, -0.05) is 12.1 Å². The zero-order chi connectivity index (χ0) is 17.4. The third kappa shape index (κ3) is 3.36. The van der Waals surface area contributed by atoms with E-state index < -0.39 is 30.1 Å². The van der Waals surface area contributed by atoms with Crippen LogP contribution in [0.5, 0.6) is 5.75 Å². The Hall–Kier alpha value is -2.36. The number of halogens is 5. The van der Waals surface area contributed by atoms with Crippen molar-refractivity contribution in [3.8, 4) is 5.75 Å². The van der Waals surface area contributed by atoms with Crippen molar-refractivity contribution < 1.29 is 36.6 Å². The molecule has 1 aromatic heterocycles. The monoisotopic (exact) mass is 338 g/mol. The molecule has 1 aromatic carbocycles. The van der Waals surface area contributed by atoms with Crippen LogP contribution in [0.2, 0.25) is 0 Å². The lowest BCUT2D eigenvalue weighted by Gasteiger charge is -2.16. The van der Waals surface area contributed by atoms with Gasteiger partial charge >= 0.3 is 12.1 Å². The Labute approximate surface area is 126 Å². The highest BCUT2D eigenvalue weighted by atomic mass is 19.4. The summed E-state index contributed by atoms with van der Waals surface area (Å²) in [6, 6.07) is 3.48. The van der Waals surface area contributed by atoms with Gasteiger partial charge in [-0.2, -0.15) is 22.0 Å². The minimum Gasteiger partial charge on any atom is -0.507 e. The van der Waals surface area contributed by atoms with Gasteiger partial charge in [0.25, 0.3) is 6.01 Å². The van der Waals surface area contributed by atoms with Gasteiger partial charge in [-0.05, 0) is 18.6 Å². The van der Waals surface area contributed by atoms with Gasteiger partial charge in [-0.3, -0.25) is 0 Å². The van der Waals surface area contributed by atoms with Crippen LogP contribution < -0.4 is 5.32 Å². The highest BCUT2D eigenvalue weighted by molar-refractivity contribution is 5.40. The third-order valence-corrected chi connectivity index (χ3v) is 2.91. The lowest BCUT2D eigenvalue weighted by Crippen LogP contribution is -2.33. The van der Waals surface area contributed by atoms with Gasteiger partial charge in [-0.15, -0.1) is 0 Å². The van der Waals surface area contributed by atoms with E-state index in [1.807, 2.05) is 0 Å². The molecule has 0 fully saturated rings. The largest absolute Gasteiger partial charge is 0.507 e. The normalized spacial score (nSPS) is 13.9. The number of phenols is 1. The summed E-state index contributed by atoms with van der Waals surface area (Å²) in [7, 11) is 0. The standard InChI is InChI=1S/C13H11F5N2O3/c1-6-2-3-7(8(21)4-6)10(22)20-11-19-5-9(23-11)12(14,15)13(16,17)18/h2-5,10,21-22H,1H3,(H,19,20). The zero-order valence-electron chi connectivity index (χ0n) is 11.5. The van der Waals surface area contributed by atoms with Crippen LogP contribution in [-0.2, 0) is 5.92 Å². The van der Waals surface area contributed by atoms with Gasteiger partial charge in [0.2, 0.25) is 5.76 Å². The molecule has 5 nitrogen and oxygen atoms in total. The third-order valence-electron chi connectivity index (χ3n) is 2.91. The Morgan fingerprint density at radius 2 is 1.87 bits per heavy atom. The molecule has 0 aliphatic rings. The van der Waals surface area contributed by atoms with Crippen molar-refractivity contribution in [1.82, 2.24) is 4.98 Å². The van der Waals surface area contributed by atoms with E-state index in [4.69, 9.17) is 0 Å². The van der Waals surface area contributed by atoms with Crippen molar-refractivity contribution in [2.75, 3.05) is 5.32 Å². The molecule has 23 heavy (non-hydrogen) atoms. The lowest BCUT2D eigenvalue weighted by molar-refractivity contribution is -0.295. The second-order valence-corrected chi connectivity index (χ2v) is 4.71. The number of rotatable bonds is 4. The van der Waals surface area contributed by atoms with Crippen molar-refractivity contribution in [2.24, 2.45) is 0 Å². The molecule has 126 valence electrons. The number of aromatic nitrogens is 1. The van der Waals surface area contributed by atoms with E-state index in [0.717, 1.165) is 0 Å². The Bertz CT molecular complexity index is 699. The number of oxazole rings is 1. The van der Waals surface area contributed by atoms with Gasteiger partial charge in [0.05, 0.1) is 6.20 Å². The average Bonchev–Trinajstić information content (AvgIpc) is 2.86. The summed E-state index contributed by atoms with van der Waals surface area (Å²) >= 11 is 0. The molecule has 0 saturated carbocycles. The molecule has 0 aliphatic carbocycles. The molecule has 2 rings (SSSR count). The summed E-state index contributed by atoms with van der Waals surface area (Å²) < 4.78 is 67.0. The number of benzene rings is 1. The van der Waals surface area contributed by atoms with Crippen molar-refractivity contribution in [2.45, 2.75) is 25.3 Å². The van der Waals surface area contributed by atoms with Crippen LogP contribution in [0.15, 0.2) is 28.8 Å². The first kappa shape index (κ1) is 17.0. The molecule has 0 bridgehead atoms. The van der Waals surface area contributed by atoms with E-state index in [1.54, 1.807) is 13.0 Å². The fraction of sp³-hybridized carbons (Fsp3) is 0.308. The van der Waals surface area contributed by atoms with Crippen molar-refractivity contribution in [3.63, 3.8) is 0 Å². The summed E-state index contributed by atoms with van der Waals surface area (Å²) in [6.07, 6.45) is -7.25. The van der Waals surface area contributed by atoms with Crippen LogP contribution >= 0.6 is 0 Å². The van der Waals surface area contributed by atoms with Crippen LogP contribution in [0, 0.1) is 6.92 Å². The van der Waals surface area contributed by atoms with E-state index in [1.165, 1.54) is 12.1 Å². The zero-order valence-corrected chi connectivity index (χ0v) is 11.5. The Morgan fingerprint density at radius 3 is 2.43 bits per heavy atom. The summed E-state index contributed by atoms with van der Waals surface area (Å²) in [5.41, 5.74) is 0.666. The SMILES string of the molecule is Cc1ccc(C(O)Nc2ncc(C(F)(F)C(F)(F)F)o2)c(O)c1. The summed E-state index contributed by atoms with van der Waals surface area (Å²) in [6.45, 7) is 1.68. The van der Waals surface area contributed by atoms with Crippen LogP contribution in [0.1, 0.15) is 23.1 Å². The van der Waals surface area contributed by atoms with Gasteiger partial charge in [-0.25, -0.2) is 4.98 Å². The highest BCUT2D eigenvalue weighted by Crippen LogP contribution is 2.44. The molecule has 1 heterocycles. The first-order chi connectivity index (χ1) is 10.5. The Balaban J connectivity index is 2.19. The lowest BCUT2D eigenvalue weighted by atomic mass is 10.1. The molecule has 3 N–H and O–H groups in total. The number of alkyl halides is 5. The van der Waals surface area contributed by atoms with Crippen LogP contribution in [0.25, 0.3) is 0 Å². The highest BCUT2D eigenvalue weighted by Gasteiger charge is 2.61. The van der Waals surface area contributed by atoms with E-state index >= 15 is 0 Å². The fourth-order valence-electron chi connectivity index (χ4n) is 1.71. The maximum absolute atomic E-state index is 13.1. The van der Waals surface area contributed by atoms with Gasteiger partial charge in [0.1, 0.15) is 5.75 Å². The number of hydrogen-bond acceptors (Lipinski definition) is 5. The average molecular weight is 338 g/mol. The molecule has 0 amide bonds. The Kier molecular flexibility index (Phi) is 4.20. The molecular formula is C13H11F5N2O3. The number of nitrogens with zero attached hydrogens (tertiary/aromatic N) is 1. The van der Waals surface area contributed by atoms with Crippen LogP contribution in [0.3, 0.4) is 0 Å². The molecule has 1 atom stereocenters. The summed E-state index contributed by atoms with van der Waals surface area (Å²) in [5.74, 6) is -7.22. The number of aliphatic hydroxyl groups excluding tert-OH is 1. The van der Waals surface area contributed by atoms with Crippen LogP contribution in [0.4, 0.5) is 28.0 Å². The molecule has 0 spiro atoms. The second-order valence-electron chi connectivity index (χ2n) is 4.71. The number of anilines is 1. The molecule has 0 radical (unpaired) electrons. The topological polar surface area (TPSA) is 78.5 Å². The number of hydrogen-bond donors (Lipinski definition) is 3. The maximum atomic E-state index is 13.1. The van der Waals surface area contributed by atoms with E-state index in [9.17, 15) is 32.2 Å².